The van der Waals surface area contributed by atoms with Crippen LogP contribution in [-0.4, -0.2) is 27.7 Å². The lowest BCUT2D eigenvalue weighted by Gasteiger charge is -2.05. The van der Waals surface area contributed by atoms with Crippen LogP contribution in [0.5, 0.6) is 0 Å². The molecule has 4 rings (SSSR count). The van der Waals surface area contributed by atoms with E-state index < -0.39 is 0 Å². The monoisotopic (exact) mass is 307 g/mol. The molecule has 0 radical (unpaired) electrons. The second-order valence-corrected chi connectivity index (χ2v) is 5.52. The van der Waals surface area contributed by atoms with Gasteiger partial charge < -0.3 is 9.30 Å². The zero-order chi connectivity index (χ0) is 15.5. The van der Waals surface area contributed by atoms with Gasteiger partial charge in [-0.2, -0.15) is 0 Å². The van der Waals surface area contributed by atoms with Crippen molar-refractivity contribution in [2.75, 3.05) is 13.2 Å². The average molecular weight is 307 g/mol. The normalized spacial score (nSPS) is 11.5. The van der Waals surface area contributed by atoms with Crippen molar-refractivity contribution in [2.24, 2.45) is 0 Å². The summed E-state index contributed by atoms with van der Waals surface area (Å²) in [4.78, 5) is 7.66. The number of aromatic nitrogens is 4. The van der Waals surface area contributed by atoms with Gasteiger partial charge in [0.1, 0.15) is 6.54 Å². The van der Waals surface area contributed by atoms with Gasteiger partial charge in [0.15, 0.2) is 11.0 Å². The van der Waals surface area contributed by atoms with Crippen molar-refractivity contribution in [1.29, 1.82) is 0 Å². The number of para-hydroxylation sites is 4. The van der Waals surface area contributed by atoms with Crippen molar-refractivity contribution in [3.63, 3.8) is 0 Å². The third kappa shape index (κ3) is 2.83. The molecule has 116 valence electrons. The Bertz CT molecular complexity index is 849. The highest BCUT2D eigenvalue weighted by molar-refractivity contribution is 5.74. The van der Waals surface area contributed by atoms with E-state index in [0.29, 0.717) is 13.2 Å². The number of benzene rings is 2. The third-order valence-electron chi connectivity index (χ3n) is 4.07. The molecule has 0 saturated carbocycles. The molecule has 2 heterocycles. The Morgan fingerprint density at radius 1 is 1.04 bits per heavy atom. The van der Waals surface area contributed by atoms with Crippen LogP contribution < -0.4 is 4.57 Å². The predicted octanol–water partition coefficient (Wildman–Crippen LogP) is 2.52. The van der Waals surface area contributed by atoms with Crippen molar-refractivity contribution < 1.29 is 9.30 Å². The number of H-pyrrole nitrogens is 1. The largest absolute Gasteiger partial charge is 0.376 e. The summed E-state index contributed by atoms with van der Waals surface area (Å²) >= 11 is 0. The van der Waals surface area contributed by atoms with Crippen molar-refractivity contribution in [3.8, 4) is 0 Å². The average Bonchev–Trinajstić information content (AvgIpc) is 3.19. The first-order valence-electron chi connectivity index (χ1n) is 7.85. The summed E-state index contributed by atoms with van der Waals surface area (Å²) in [5.41, 5.74) is 4.54. The molecule has 0 atom stereocenters. The minimum atomic E-state index is 0.684. The molecule has 1 N–H and O–H groups in total. The number of hydrogen-bond donors (Lipinski definition) is 1. The van der Waals surface area contributed by atoms with Gasteiger partial charge in [0, 0.05) is 6.54 Å². The number of ether oxygens (including phenoxy) is 1. The lowest BCUT2D eigenvalue weighted by Crippen LogP contribution is -2.34. The summed E-state index contributed by atoms with van der Waals surface area (Å²) in [6.07, 6.45) is 3.87. The summed E-state index contributed by atoms with van der Waals surface area (Å²) in [5, 5.41) is 0. The lowest BCUT2D eigenvalue weighted by atomic mass is 10.3. The van der Waals surface area contributed by atoms with E-state index in [1.165, 1.54) is 5.52 Å². The molecule has 0 aliphatic heterocycles. The van der Waals surface area contributed by atoms with Gasteiger partial charge in [0.25, 0.3) is 0 Å². The molecule has 23 heavy (non-hydrogen) atoms. The molecule has 0 spiro atoms. The number of nitrogens with zero attached hydrogens (tertiary/aromatic N) is 3. The Labute approximate surface area is 134 Å². The maximum absolute atomic E-state index is 5.79. The lowest BCUT2D eigenvalue weighted by molar-refractivity contribution is -0.673. The van der Waals surface area contributed by atoms with E-state index in [1.807, 2.05) is 36.9 Å². The molecule has 0 bridgehead atoms. The van der Waals surface area contributed by atoms with Gasteiger partial charge in [0.05, 0.1) is 30.6 Å². The quantitative estimate of drug-likeness (QED) is 0.439. The van der Waals surface area contributed by atoms with Crippen LogP contribution in [-0.2, 0) is 17.8 Å². The fourth-order valence-electron chi connectivity index (χ4n) is 2.86. The van der Waals surface area contributed by atoms with Gasteiger partial charge in [-0.05, 0) is 24.3 Å². The number of hydrogen-bond acceptors (Lipinski definition) is 2. The van der Waals surface area contributed by atoms with E-state index in [-0.39, 0.29) is 0 Å². The smallest absolute Gasteiger partial charge is 0.242 e. The van der Waals surface area contributed by atoms with E-state index in [9.17, 15) is 0 Å². The zero-order valence-electron chi connectivity index (χ0n) is 12.9. The van der Waals surface area contributed by atoms with Crippen LogP contribution in [0.3, 0.4) is 0 Å². The van der Waals surface area contributed by atoms with Gasteiger partial charge in [0.2, 0.25) is 6.33 Å². The van der Waals surface area contributed by atoms with Crippen LogP contribution in [0.25, 0.3) is 22.1 Å². The molecule has 0 aliphatic carbocycles. The zero-order valence-corrected chi connectivity index (χ0v) is 12.9. The highest BCUT2D eigenvalue weighted by Gasteiger charge is 2.07. The van der Waals surface area contributed by atoms with E-state index in [2.05, 4.69) is 43.4 Å². The van der Waals surface area contributed by atoms with E-state index in [1.54, 1.807) is 0 Å². The van der Waals surface area contributed by atoms with Gasteiger partial charge in [-0.25, -0.2) is 14.5 Å². The van der Waals surface area contributed by atoms with E-state index in [0.717, 1.165) is 29.6 Å². The van der Waals surface area contributed by atoms with Crippen molar-refractivity contribution in [3.05, 3.63) is 61.2 Å². The predicted molar refractivity (Wildman–Crippen MR) is 89.0 cm³/mol. The first-order valence-corrected chi connectivity index (χ1v) is 7.85. The fraction of sp³-hybridized carbons (Fsp3) is 0.222. The molecular weight excluding hydrogens is 288 g/mol. The summed E-state index contributed by atoms with van der Waals surface area (Å²) in [6, 6.07) is 16.4. The van der Waals surface area contributed by atoms with Crippen molar-refractivity contribution in [1.82, 2.24) is 14.5 Å². The molecule has 0 saturated heterocycles. The standard InChI is InChI=1S/C18H18N4O/c1-3-7-17-15(5-1)19-13-21(17)9-11-23-12-10-22-14-20-16-6-2-4-8-18(16)22/h1-8,13-14H,9-12H2/p+1. The minimum absolute atomic E-state index is 0.684. The van der Waals surface area contributed by atoms with Gasteiger partial charge in [-0.3, -0.25) is 0 Å². The topological polar surface area (TPSA) is 46.7 Å². The summed E-state index contributed by atoms with van der Waals surface area (Å²) < 4.78 is 10.1. The fourth-order valence-corrected chi connectivity index (χ4v) is 2.86. The van der Waals surface area contributed by atoms with Gasteiger partial charge in [-0.15, -0.1) is 0 Å². The molecule has 0 unspecified atom stereocenters. The number of imidazole rings is 2. The summed E-state index contributed by atoms with van der Waals surface area (Å²) in [7, 11) is 0. The van der Waals surface area contributed by atoms with Crippen LogP contribution in [0.15, 0.2) is 61.2 Å². The van der Waals surface area contributed by atoms with Crippen molar-refractivity contribution in [2.45, 2.75) is 13.1 Å². The molecule has 2 aromatic carbocycles. The summed E-state index contributed by atoms with van der Waals surface area (Å²) in [6.45, 7) is 3.04. The van der Waals surface area contributed by atoms with Gasteiger partial charge in [-0.1, -0.05) is 24.3 Å². The van der Waals surface area contributed by atoms with Crippen LogP contribution in [0.4, 0.5) is 0 Å². The number of aromatic amines is 1. The maximum atomic E-state index is 5.79. The first kappa shape index (κ1) is 14.0. The van der Waals surface area contributed by atoms with Crippen LogP contribution in [0, 0.1) is 0 Å². The highest BCUT2D eigenvalue weighted by atomic mass is 16.5. The SMILES string of the molecule is c1ccc2c(c1)ncn2CCOCC[n+]1c[nH]c2ccccc21. The maximum Gasteiger partial charge on any atom is 0.242 e. The number of nitrogens with one attached hydrogen (secondary N) is 1. The molecule has 0 amide bonds. The Hall–Kier alpha value is -2.66. The Kier molecular flexibility index (Phi) is 3.78. The molecule has 2 aromatic heterocycles. The minimum Gasteiger partial charge on any atom is -0.376 e. The summed E-state index contributed by atoms with van der Waals surface area (Å²) in [5.74, 6) is 0. The molecule has 0 aliphatic rings. The Morgan fingerprint density at radius 3 is 2.91 bits per heavy atom. The van der Waals surface area contributed by atoms with Crippen LogP contribution in [0.2, 0.25) is 0 Å². The third-order valence-corrected chi connectivity index (χ3v) is 4.07. The molecular formula is C18H19N4O+. The second-order valence-electron chi connectivity index (χ2n) is 5.52. The van der Waals surface area contributed by atoms with Crippen molar-refractivity contribution >= 4 is 22.1 Å². The van der Waals surface area contributed by atoms with Crippen LogP contribution >= 0.6 is 0 Å². The van der Waals surface area contributed by atoms with E-state index >= 15 is 0 Å². The molecule has 5 nitrogen and oxygen atoms in total. The highest BCUT2D eigenvalue weighted by Crippen LogP contribution is 2.11. The Morgan fingerprint density at radius 2 is 1.91 bits per heavy atom. The second kappa shape index (κ2) is 6.22. The van der Waals surface area contributed by atoms with Gasteiger partial charge >= 0.3 is 0 Å². The molecule has 5 heteroatoms. The Balaban J connectivity index is 1.31. The molecule has 4 aromatic rings. The first-order chi connectivity index (χ1) is 11.4. The van der Waals surface area contributed by atoms with Crippen LogP contribution in [0.1, 0.15) is 0 Å². The van der Waals surface area contributed by atoms with E-state index in [4.69, 9.17) is 4.74 Å². The molecule has 0 fully saturated rings. The number of fused-ring (bicyclic) bond motifs is 2. The number of rotatable bonds is 6.